The monoisotopic (exact) mass is 369 g/mol. The topological polar surface area (TPSA) is 38.8 Å². The molecule has 0 fully saturated rings. The summed E-state index contributed by atoms with van der Waals surface area (Å²) in [6, 6.07) is 0. The third-order valence-electron chi connectivity index (χ3n) is 5.30. The zero-order valence-corrected chi connectivity index (χ0v) is 19.0. The van der Waals surface area contributed by atoms with E-state index in [0.717, 1.165) is 6.42 Å². The lowest BCUT2D eigenvalue weighted by molar-refractivity contribution is -0.171. The molecule has 0 heterocycles. The molecule has 2 atom stereocenters. The highest BCUT2D eigenvalue weighted by atomic mass is 28.4. The van der Waals surface area contributed by atoms with Crippen LogP contribution in [0.2, 0.25) is 16.6 Å². The van der Waals surface area contributed by atoms with E-state index in [-0.39, 0.29) is 17.9 Å². The summed E-state index contributed by atoms with van der Waals surface area (Å²) >= 11 is 0. The number of carbonyl (C=O) groups is 1. The normalized spacial score (nSPS) is 14.4. The van der Waals surface area contributed by atoms with Crippen molar-refractivity contribution in [3.63, 3.8) is 0 Å². The molecule has 0 saturated carbocycles. The van der Waals surface area contributed by atoms with Crippen LogP contribution in [0.4, 0.5) is 0 Å². The Kier molecular flexibility index (Phi) is 10.6. The lowest BCUT2D eigenvalue weighted by Crippen LogP contribution is -2.52. The molecule has 0 spiro atoms. The van der Waals surface area contributed by atoms with E-state index < -0.39 is 8.32 Å². The number of nitrogens with zero attached hydrogens (tertiary/aromatic N) is 1. The van der Waals surface area contributed by atoms with E-state index in [2.05, 4.69) is 60.3 Å². The van der Waals surface area contributed by atoms with Gasteiger partial charge in [0.05, 0.1) is 19.6 Å². The summed E-state index contributed by atoms with van der Waals surface area (Å²) in [5, 5.41) is 1.29. The van der Waals surface area contributed by atoms with Crippen molar-refractivity contribution in [1.29, 1.82) is 0 Å². The second-order valence-electron chi connectivity index (χ2n) is 7.86. The molecular formula is C20H39NO3Si. The number of amides is 1. The van der Waals surface area contributed by atoms with Crippen molar-refractivity contribution in [2.45, 2.75) is 91.0 Å². The van der Waals surface area contributed by atoms with Crippen molar-refractivity contribution in [2.24, 2.45) is 5.92 Å². The van der Waals surface area contributed by atoms with Gasteiger partial charge in [-0.25, -0.2) is 5.06 Å². The van der Waals surface area contributed by atoms with Gasteiger partial charge in [0.25, 0.3) is 0 Å². The SMILES string of the molecule is CC#CC[C@H](C)[C@@H](CC(=O)N(C)OC)O[Si](C(C)C)(C(C)C)C(C)C. The van der Waals surface area contributed by atoms with Gasteiger partial charge in [0.15, 0.2) is 0 Å². The average molecular weight is 370 g/mol. The lowest BCUT2D eigenvalue weighted by Gasteiger charge is -2.45. The average Bonchev–Trinajstić information content (AvgIpc) is 2.53. The molecule has 1 amide bonds. The highest BCUT2D eigenvalue weighted by Crippen LogP contribution is 2.44. The van der Waals surface area contributed by atoms with Gasteiger partial charge in [0.2, 0.25) is 14.2 Å². The Bertz CT molecular complexity index is 444. The van der Waals surface area contributed by atoms with Crippen molar-refractivity contribution in [2.75, 3.05) is 14.2 Å². The lowest BCUT2D eigenvalue weighted by atomic mass is 9.98. The van der Waals surface area contributed by atoms with E-state index in [1.165, 1.54) is 12.2 Å². The van der Waals surface area contributed by atoms with Gasteiger partial charge in [-0.2, -0.15) is 0 Å². The van der Waals surface area contributed by atoms with Gasteiger partial charge >= 0.3 is 0 Å². The van der Waals surface area contributed by atoms with E-state index in [9.17, 15) is 4.79 Å². The molecule has 5 heteroatoms. The fraction of sp³-hybridized carbons (Fsp3) is 0.850. The molecular weight excluding hydrogens is 330 g/mol. The molecule has 0 rings (SSSR count). The minimum Gasteiger partial charge on any atom is -0.412 e. The molecule has 0 aliphatic carbocycles. The van der Waals surface area contributed by atoms with Crippen LogP contribution in [0.25, 0.3) is 0 Å². The van der Waals surface area contributed by atoms with Crippen molar-refractivity contribution in [3.05, 3.63) is 0 Å². The smallest absolute Gasteiger partial charge is 0.248 e. The Morgan fingerprint density at radius 2 is 1.52 bits per heavy atom. The molecule has 0 radical (unpaired) electrons. The molecule has 0 saturated heterocycles. The molecule has 0 bridgehead atoms. The van der Waals surface area contributed by atoms with Crippen LogP contribution < -0.4 is 0 Å². The molecule has 0 N–H and O–H groups in total. The fourth-order valence-electron chi connectivity index (χ4n) is 3.83. The predicted octanol–water partition coefficient (Wildman–Crippen LogP) is 5.01. The largest absolute Gasteiger partial charge is 0.412 e. The molecule has 25 heavy (non-hydrogen) atoms. The number of hydrogen-bond acceptors (Lipinski definition) is 3. The summed E-state index contributed by atoms with van der Waals surface area (Å²) in [6.07, 6.45) is 0.937. The van der Waals surface area contributed by atoms with Crippen LogP contribution >= 0.6 is 0 Å². The zero-order valence-electron chi connectivity index (χ0n) is 18.0. The minimum absolute atomic E-state index is 0.0528. The Labute approximate surface area is 156 Å². The fourth-order valence-corrected chi connectivity index (χ4v) is 9.48. The Hall–Kier alpha value is -0.833. The first kappa shape index (κ1) is 24.2. The number of hydrogen-bond donors (Lipinski definition) is 0. The molecule has 0 aromatic carbocycles. The predicted molar refractivity (Wildman–Crippen MR) is 108 cm³/mol. The Morgan fingerprint density at radius 3 is 1.88 bits per heavy atom. The van der Waals surface area contributed by atoms with E-state index >= 15 is 0 Å². The number of carbonyl (C=O) groups excluding carboxylic acids is 1. The van der Waals surface area contributed by atoms with E-state index in [0.29, 0.717) is 23.0 Å². The Balaban J connectivity index is 5.68. The van der Waals surface area contributed by atoms with Gasteiger partial charge < -0.3 is 4.43 Å². The first-order valence-corrected chi connectivity index (χ1v) is 11.6. The van der Waals surface area contributed by atoms with Crippen molar-refractivity contribution < 1.29 is 14.1 Å². The summed E-state index contributed by atoms with van der Waals surface area (Å²) in [5.74, 6) is 6.25. The highest BCUT2D eigenvalue weighted by Gasteiger charge is 2.47. The van der Waals surface area contributed by atoms with Crippen molar-refractivity contribution in [1.82, 2.24) is 5.06 Å². The van der Waals surface area contributed by atoms with E-state index in [1.807, 2.05) is 6.92 Å². The quantitative estimate of drug-likeness (QED) is 0.309. The van der Waals surface area contributed by atoms with Crippen LogP contribution in [0.3, 0.4) is 0 Å². The maximum absolute atomic E-state index is 12.5. The summed E-state index contributed by atoms with van der Waals surface area (Å²) in [7, 11) is 1.09. The second kappa shape index (κ2) is 11.0. The van der Waals surface area contributed by atoms with Crippen LogP contribution in [0.5, 0.6) is 0 Å². The Morgan fingerprint density at radius 1 is 1.04 bits per heavy atom. The first-order valence-electron chi connectivity index (χ1n) is 9.42. The van der Waals surface area contributed by atoms with Crippen molar-refractivity contribution in [3.8, 4) is 11.8 Å². The maximum atomic E-state index is 12.5. The standard InChI is InChI=1S/C20H39NO3Si/c1-11-12-13-18(8)19(14-20(22)21(9)23-10)24-25(15(2)3,16(4)5)17(6)7/h15-19H,13-14H2,1-10H3/t18-,19+/m0/s1. The van der Waals surface area contributed by atoms with Gasteiger partial charge in [-0.05, 0) is 29.5 Å². The van der Waals surface area contributed by atoms with Gasteiger partial charge in [0.1, 0.15) is 0 Å². The molecule has 146 valence electrons. The molecule has 0 aromatic rings. The van der Waals surface area contributed by atoms with Crippen LogP contribution in [0.1, 0.15) is 68.2 Å². The number of hydroxylamine groups is 2. The summed E-state index contributed by atoms with van der Waals surface area (Å²) in [4.78, 5) is 17.5. The van der Waals surface area contributed by atoms with Crippen LogP contribution in [-0.2, 0) is 14.1 Å². The molecule has 4 nitrogen and oxygen atoms in total. The third-order valence-corrected chi connectivity index (χ3v) is 11.4. The van der Waals surface area contributed by atoms with E-state index in [4.69, 9.17) is 9.26 Å². The molecule has 0 unspecified atom stereocenters. The zero-order chi connectivity index (χ0) is 19.8. The summed E-state index contributed by atoms with van der Waals surface area (Å²) in [5.41, 5.74) is 1.44. The van der Waals surface area contributed by atoms with Gasteiger partial charge in [-0.3, -0.25) is 9.63 Å². The van der Waals surface area contributed by atoms with Crippen LogP contribution in [-0.4, -0.2) is 39.5 Å². The summed E-state index contributed by atoms with van der Waals surface area (Å²) in [6.45, 7) is 17.6. The van der Waals surface area contributed by atoms with Crippen molar-refractivity contribution >= 4 is 14.2 Å². The van der Waals surface area contributed by atoms with Crippen LogP contribution in [0.15, 0.2) is 0 Å². The summed E-state index contributed by atoms with van der Waals surface area (Å²) < 4.78 is 6.91. The molecule has 0 aromatic heterocycles. The first-order chi connectivity index (χ1) is 11.5. The van der Waals surface area contributed by atoms with Gasteiger partial charge in [-0.1, -0.05) is 48.5 Å². The minimum atomic E-state index is -2.06. The second-order valence-corrected chi connectivity index (χ2v) is 13.3. The number of rotatable bonds is 10. The van der Waals surface area contributed by atoms with Gasteiger partial charge in [-0.15, -0.1) is 11.8 Å². The van der Waals surface area contributed by atoms with Gasteiger partial charge in [0, 0.05) is 13.5 Å². The maximum Gasteiger partial charge on any atom is 0.248 e. The highest BCUT2D eigenvalue weighted by molar-refractivity contribution is 6.77. The van der Waals surface area contributed by atoms with Crippen LogP contribution in [0, 0.1) is 17.8 Å². The third kappa shape index (κ3) is 6.43. The molecule has 0 aliphatic rings. The molecule has 0 aliphatic heterocycles. The van der Waals surface area contributed by atoms with E-state index in [1.54, 1.807) is 7.05 Å².